The smallest absolute Gasteiger partial charge is 0.164 e. The first-order chi connectivity index (χ1) is 48.0. The maximum Gasteiger partial charge on any atom is 0.164 e. The van der Waals surface area contributed by atoms with E-state index in [1.807, 2.05) is 72.8 Å². The van der Waals surface area contributed by atoms with E-state index in [4.69, 9.17) is 29.9 Å². The van der Waals surface area contributed by atoms with Gasteiger partial charge in [0.05, 0.1) is 0 Å². The van der Waals surface area contributed by atoms with Gasteiger partial charge in [-0.15, -0.1) is 0 Å². The van der Waals surface area contributed by atoms with Crippen molar-refractivity contribution in [2.24, 2.45) is 0 Å². The standard InChI is InChI=1S/C52H37N3.C40H29N3/c1-52(2)47-33-44(29-30-45(47)46-31-42-15-9-10-16-43(42)32-48(46)52)38-21-27-41(28-22-38)51-54-49(39-23-17-36(18-24-39)34-11-5-3-6-12-34)53-50(55-51)40-25-19-37(20-26-40)35-13-7-4-8-14-35;1-40(2)34-24-22-27-11-9-10-16-32(27)36(34)33-23-21-31(25-35(33)40)26-17-19-30(20-18-26)39-42-37(28-12-5-3-6-13-28)41-38(43-39)29-14-7-4-8-15-29/h3-33H,1-2H3;3-25H,1-2H3. The Kier molecular flexibility index (Phi) is 14.8. The third-order valence-corrected chi connectivity index (χ3v) is 19.9. The van der Waals surface area contributed by atoms with Gasteiger partial charge in [0.25, 0.3) is 0 Å². The van der Waals surface area contributed by atoms with Crippen molar-refractivity contribution >= 4 is 21.5 Å². The average molecular weight is 1260 g/mol. The van der Waals surface area contributed by atoms with Crippen molar-refractivity contribution in [3.05, 3.63) is 350 Å². The van der Waals surface area contributed by atoms with E-state index in [1.54, 1.807) is 0 Å². The van der Waals surface area contributed by atoms with E-state index in [9.17, 15) is 0 Å². The highest BCUT2D eigenvalue weighted by Crippen LogP contribution is 2.53. The van der Waals surface area contributed by atoms with Crippen LogP contribution in [0.4, 0.5) is 0 Å². The largest absolute Gasteiger partial charge is 0.208 e. The second-order valence-electron chi connectivity index (χ2n) is 26.6. The highest BCUT2D eigenvalue weighted by atomic mass is 15.0. The molecule has 0 spiro atoms. The zero-order chi connectivity index (χ0) is 65.9. The maximum absolute atomic E-state index is 5.06. The molecule has 0 saturated carbocycles. The van der Waals surface area contributed by atoms with Crippen molar-refractivity contribution in [2.75, 3.05) is 0 Å². The summed E-state index contributed by atoms with van der Waals surface area (Å²) in [4.78, 5) is 29.8. The van der Waals surface area contributed by atoms with Gasteiger partial charge in [-0.25, -0.2) is 29.9 Å². The van der Waals surface area contributed by atoms with Gasteiger partial charge in [0, 0.05) is 44.2 Å². The molecule has 16 aromatic rings. The monoisotopic (exact) mass is 1250 g/mol. The highest BCUT2D eigenvalue weighted by Gasteiger charge is 2.38. The fourth-order valence-corrected chi connectivity index (χ4v) is 14.5. The van der Waals surface area contributed by atoms with Gasteiger partial charge in [0.15, 0.2) is 34.9 Å². The second kappa shape index (κ2) is 24.4. The molecule has 2 aliphatic carbocycles. The van der Waals surface area contributed by atoms with Gasteiger partial charge in [0.1, 0.15) is 0 Å². The molecule has 0 fully saturated rings. The minimum atomic E-state index is -0.0963. The summed E-state index contributed by atoms with van der Waals surface area (Å²) in [6.07, 6.45) is 0. The molecule has 0 aliphatic heterocycles. The van der Waals surface area contributed by atoms with Crippen LogP contribution < -0.4 is 0 Å². The summed E-state index contributed by atoms with van der Waals surface area (Å²) in [6, 6.07) is 116. The van der Waals surface area contributed by atoms with E-state index in [0.717, 1.165) is 50.1 Å². The Bertz CT molecular complexity index is 5520. The minimum absolute atomic E-state index is 0.0722. The van der Waals surface area contributed by atoms with Gasteiger partial charge in [-0.05, 0) is 135 Å². The van der Waals surface area contributed by atoms with Crippen LogP contribution in [0.3, 0.4) is 0 Å². The molecule has 0 N–H and O–H groups in total. The van der Waals surface area contributed by atoms with Gasteiger partial charge in [-0.2, -0.15) is 0 Å². The quantitative estimate of drug-likeness (QED) is 0.136. The summed E-state index contributed by atoms with van der Waals surface area (Å²) in [5.74, 6) is 3.93. The minimum Gasteiger partial charge on any atom is -0.208 e. The molecule has 0 saturated heterocycles. The Labute approximate surface area is 571 Å². The predicted molar refractivity (Wildman–Crippen MR) is 404 cm³/mol. The Hall–Kier alpha value is -12.4. The van der Waals surface area contributed by atoms with Crippen LogP contribution in [0.5, 0.6) is 0 Å². The van der Waals surface area contributed by atoms with E-state index in [2.05, 4.69) is 282 Å². The van der Waals surface area contributed by atoms with Crippen LogP contribution in [-0.2, 0) is 10.8 Å². The molecule has 2 aliphatic rings. The number of hydrogen-bond acceptors (Lipinski definition) is 6. The number of aromatic nitrogens is 6. The van der Waals surface area contributed by atoms with Gasteiger partial charge < -0.3 is 0 Å². The van der Waals surface area contributed by atoms with E-state index >= 15 is 0 Å². The Morgan fingerprint density at radius 1 is 0.184 bits per heavy atom. The molecule has 0 bridgehead atoms. The first kappa shape index (κ1) is 59.4. The lowest BCUT2D eigenvalue weighted by Gasteiger charge is -2.22. The molecule has 6 heteroatoms. The van der Waals surface area contributed by atoms with Crippen molar-refractivity contribution in [1.29, 1.82) is 0 Å². The number of benzene rings is 14. The van der Waals surface area contributed by atoms with E-state index < -0.39 is 0 Å². The van der Waals surface area contributed by atoms with E-state index in [0.29, 0.717) is 34.9 Å². The van der Waals surface area contributed by atoms with Crippen molar-refractivity contribution in [2.45, 2.75) is 38.5 Å². The lowest BCUT2D eigenvalue weighted by Crippen LogP contribution is -2.15. The van der Waals surface area contributed by atoms with E-state index in [-0.39, 0.29) is 10.8 Å². The summed E-state index contributed by atoms with van der Waals surface area (Å²) in [5, 5.41) is 5.18. The summed E-state index contributed by atoms with van der Waals surface area (Å²) in [6.45, 7) is 9.38. The van der Waals surface area contributed by atoms with Crippen molar-refractivity contribution in [3.63, 3.8) is 0 Å². The third-order valence-electron chi connectivity index (χ3n) is 19.9. The van der Waals surface area contributed by atoms with Gasteiger partial charge in [0.2, 0.25) is 0 Å². The van der Waals surface area contributed by atoms with Crippen LogP contribution >= 0.6 is 0 Å². The lowest BCUT2D eigenvalue weighted by atomic mass is 9.81. The van der Waals surface area contributed by atoms with Crippen molar-refractivity contribution in [3.8, 4) is 135 Å². The molecule has 2 aromatic heterocycles. The maximum atomic E-state index is 5.06. The normalized spacial score (nSPS) is 12.9. The fraction of sp³-hybridized carbons (Fsp3) is 0.0652. The lowest BCUT2D eigenvalue weighted by molar-refractivity contribution is 0.661. The molecule has 464 valence electrons. The summed E-state index contributed by atoms with van der Waals surface area (Å²) >= 11 is 0. The highest BCUT2D eigenvalue weighted by molar-refractivity contribution is 6.03. The molecule has 14 aromatic carbocycles. The molecular formula is C92H66N6. The molecular weight excluding hydrogens is 1190 g/mol. The second-order valence-corrected chi connectivity index (χ2v) is 26.6. The number of hydrogen-bond donors (Lipinski definition) is 0. The van der Waals surface area contributed by atoms with Crippen LogP contribution in [0.25, 0.3) is 157 Å². The predicted octanol–water partition coefficient (Wildman–Crippen LogP) is 23.3. The molecule has 6 nitrogen and oxygen atoms in total. The molecule has 0 radical (unpaired) electrons. The van der Waals surface area contributed by atoms with Gasteiger partial charge in [-0.3, -0.25) is 0 Å². The zero-order valence-corrected chi connectivity index (χ0v) is 54.9. The Morgan fingerprint density at radius 2 is 0.459 bits per heavy atom. The van der Waals surface area contributed by atoms with Gasteiger partial charge >= 0.3 is 0 Å². The fourth-order valence-electron chi connectivity index (χ4n) is 14.5. The molecule has 2 heterocycles. The van der Waals surface area contributed by atoms with Crippen molar-refractivity contribution in [1.82, 2.24) is 29.9 Å². The average Bonchev–Trinajstić information content (AvgIpc) is 1.57. The summed E-state index contributed by atoms with van der Waals surface area (Å²) in [5.41, 5.74) is 25.8. The van der Waals surface area contributed by atoms with Crippen LogP contribution in [0.15, 0.2) is 328 Å². The molecule has 0 unspecified atom stereocenters. The van der Waals surface area contributed by atoms with Crippen molar-refractivity contribution < 1.29 is 0 Å². The zero-order valence-electron chi connectivity index (χ0n) is 54.9. The first-order valence-corrected chi connectivity index (χ1v) is 33.6. The Morgan fingerprint density at radius 3 is 0.878 bits per heavy atom. The number of nitrogens with zero attached hydrogens (tertiary/aromatic N) is 6. The first-order valence-electron chi connectivity index (χ1n) is 33.6. The van der Waals surface area contributed by atoms with Crippen LogP contribution in [0, 0.1) is 0 Å². The number of rotatable bonds is 10. The molecule has 18 rings (SSSR count). The molecule has 0 atom stereocenters. The molecule has 0 amide bonds. The van der Waals surface area contributed by atoms with Crippen LogP contribution in [-0.4, -0.2) is 29.9 Å². The SMILES string of the molecule is CC1(C)c2cc(-c3ccc(-c4nc(-c5ccc(-c6ccccc6)cc5)nc(-c5ccc(-c6ccccc6)cc5)n4)cc3)ccc2-c2cc3ccccc3cc21.CC1(C)c2cc(-c3ccc(-c4nc(-c5ccccc5)nc(-c5ccccc5)n4)cc3)ccc2-c2c1ccc1ccccc21. The Balaban J connectivity index is 0.000000152. The summed E-state index contributed by atoms with van der Waals surface area (Å²) < 4.78 is 0. The topological polar surface area (TPSA) is 77.3 Å². The number of fused-ring (bicyclic) bond motifs is 9. The van der Waals surface area contributed by atoms with E-state index in [1.165, 1.54) is 93.9 Å². The third kappa shape index (κ3) is 10.9. The van der Waals surface area contributed by atoms with Gasteiger partial charge in [-0.1, -0.05) is 331 Å². The summed E-state index contributed by atoms with van der Waals surface area (Å²) in [7, 11) is 0. The van der Waals surface area contributed by atoms with Crippen LogP contribution in [0.1, 0.15) is 49.9 Å². The van der Waals surface area contributed by atoms with Crippen LogP contribution in [0.2, 0.25) is 0 Å². The molecule has 98 heavy (non-hydrogen) atoms.